The van der Waals surface area contributed by atoms with Crippen LogP contribution in [0.3, 0.4) is 0 Å². The van der Waals surface area contributed by atoms with Crippen molar-refractivity contribution in [2.45, 2.75) is 39.2 Å². The first-order valence-corrected chi connectivity index (χ1v) is 11.9. The van der Waals surface area contributed by atoms with Crippen LogP contribution in [0.25, 0.3) is 6.08 Å². The van der Waals surface area contributed by atoms with Gasteiger partial charge in [-0.25, -0.2) is 0 Å². The van der Waals surface area contributed by atoms with E-state index in [1.807, 2.05) is 6.07 Å². The Morgan fingerprint density at radius 2 is 1.18 bits per heavy atom. The fourth-order valence-corrected chi connectivity index (χ4v) is 8.31. The summed E-state index contributed by atoms with van der Waals surface area (Å²) in [5.74, 6) is 1.04. The molecule has 0 spiro atoms. The van der Waals surface area contributed by atoms with Crippen molar-refractivity contribution in [2.24, 2.45) is 0 Å². The molecule has 3 aromatic carbocycles. The standard InChI is InChI=1S/C26H30OSi/c1-5-23(21-22-15-9-6-10-16-22)27-28(26(2,3)4,24-17-11-7-12-18-24)25-19-13-8-14-20-25/h6-21H,5H2,1-4H3. The van der Waals surface area contributed by atoms with Crippen molar-refractivity contribution in [1.82, 2.24) is 0 Å². The molecule has 0 aliphatic rings. The van der Waals surface area contributed by atoms with E-state index in [0.29, 0.717) is 0 Å². The van der Waals surface area contributed by atoms with Crippen molar-refractivity contribution >= 4 is 24.8 Å². The minimum absolute atomic E-state index is 0.0271. The largest absolute Gasteiger partial charge is 0.537 e. The minimum atomic E-state index is -2.56. The van der Waals surface area contributed by atoms with Crippen LogP contribution >= 0.6 is 0 Å². The first-order valence-electron chi connectivity index (χ1n) is 10.0. The number of benzene rings is 3. The van der Waals surface area contributed by atoms with Gasteiger partial charge in [0.25, 0.3) is 0 Å². The van der Waals surface area contributed by atoms with E-state index < -0.39 is 8.32 Å². The molecule has 3 aromatic rings. The van der Waals surface area contributed by atoms with E-state index in [1.54, 1.807) is 0 Å². The summed E-state index contributed by atoms with van der Waals surface area (Å²) in [5, 5.41) is 2.59. The molecule has 0 unspecified atom stereocenters. The average Bonchev–Trinajstić information content (AvgIpc) is 2.72. The molecular formula is C26H30OSi. The third kappa shape index (κ3) is 4.12. The lowest BCUT2D eigenvalue weighted by Crippen LogP contribution is -2.66. The van der Waals surface area contributed by atoms with Crippen molar-refractivity contribution in [3.8, 4) is 0 Å². The molecule has 0 saturated carbocycles. The topological polar surface area (TPSA) is 9.23 Å². The van der Waals surface area contributed by atoms with Gasteiger partial charge in [0.15, 0.2) is 0 Å². The summed E-state index contributed by atoms with van der Waals surface area (Å²) < 4.78 is 7.13. The Balaban J connectivity index is 2.19. The molecule has 2 heteroatoms. The fraction of sp³-hybridized carbons (Fsp3) is 0.231. The van der Waals surface area contributed by atoms with Crippen LogP contribution in [0.2, 0.25) is 5.04 Å². The summed E-state index contributed by atoms with van der Waals surface area (Å²) in [4.78, 5) is 0. The van der Waals surface area contributed by atoms with E-state index in [0.717, 1.165) is 12.2 Å². The fourth-order valence-electron chi connectivity index (χ4n) is 3.78. The Morgan fingerprint density at radius 1 is 0.750 bits per heavy atom. The van der Waals surface area contributed by atoms with Gasteiger partial charge in [0.2, 0.25) is 0 Å². The van der Waals surface area contributed by atoms with E-state index in [4.69, 9.17) is 4.43 Å². The zero-order valence-electron chi connectivity index (χ0n) is 17.4. The van der Waals surface area contributed by atoms with E-state index in [-0.39, 0.29) is 5.04 Å². The molecule has 3 rings (SSSR count). The van der Waals surface area contributed by atoms with Crippen LogP contribution in [0.4, 0.5) is 0 Å². The van der Waals surface area contributed by atoms with Crippen LogP contribution < -0.4 is 10.4 Å². The maximum atomic E-state index is 7.13. The van der Waals surface area contributed by atoms with Gasteiger partial charge in [-0.3, -0.25) is 0 Å². The summed E-state index contributed by atoms with van der Waals surface area (Å²) in [6.45, 7) is 9.12. The van der Waals surface area contributed by atoms with Gasteiger partial charge in [-0.2, -0.15) is 0 Å². The van der Waals surface area contributed by atoms with E-state index in [9.17, 15) is 0 Å². The highest BCUT2D eigenvalue weighted by Crippen LogP contribution is 2.38. The second-order valence-corrected chi connectivity index (χ2v) is 12.4. The summed E-state index contributed by atoms with van der Waals surface area (Å²) in [6.07, 6.45) is 3.05. The summed E-state index contributed by atoms with van der Waals surface area (Å²) >= 11 is 0. The summed E-state index contributed by atoms with van der Waals surface area (Å²) in [6, 6.07) is 32.1. The number of rotatable bonds is 6. The molecule has 0 aliphatic heterocycles. The first-order chi connectivity index (χ1) is 13.5. The monoisotopic (exact) mass is 386 g/mol. The molecule has 0 bridgehead atoms. The highest BCUT2D eigenvalue weighted by atomic mass is 28.4. The van der Waals surface area contributed by atoms with Gasteiger partial charge in [-0.15, -0.1) is 0 Å². The van der Waals surface area contributed by atoms with Gasteiger partial charge < -0.3 is 4.43 Å². The van der Waals surface area contributed by atoms with Crippen LogP contribution in [0, 0.1) is 0 Å². The minimum Gasteiger partial charge on any atom is -0.537 e. The molecule has 0 radical (unpaired) electrons. The molecule has 0 amide bonds. The van der Waals surface area contributed by atoms with Crippen LogP contribution in [0.15, 0.2) is 96.8 Å². The van der Waals surface area contributed by atoms with Gasteiger partial charge in [-0.1, -0.05) is 119 Å². The molecule has 0 heterocycles. The highest BCUT2D eigenvalue weighted by Gasteiger charge is 2.52. The molecule has 0 aliphatic carbocycles. The molecule has 0 N–H and O–H groups in total. The summed E-state index contributed by atoms with van der Waals surface area (Å²) in [5.41, 5.74) is 1.18. The van der Waals surface area contributed by atoms with Gasteiger partial charge in [0.1, 0.15) is 0 Å². The van der Waals surface area contributed by atoms with Gasteiger partial charge in [0, 0.05) is 6.42 Å². The molecule has 1 nitrogen and oxygen atoms in total. The molecule has 144 valence electrons. The van der Waals surface area contributed by atoms with Crippen LogP contribution in [0.1, 0.15) is 39.7 Å². The number of hydrogen-bond donors (Lipinski definition) is 0. The highest BCUT2D eigenvalue weighted by molar-refractivity contribution is 6.99. The molecule has 0 saturated heterocycles. The molecular weight excluding hydrogens is 356 g/mol. The van der Waals surface area contributed by atoms with E-state index in [2.05, 4.69) is 119 Å². The Labute approximate surface area is 170 Å². The Morgan fingerprint density at radius 3 is 1.57 bits per heavy atom. The average molecular weight is 387 g/mol. The van der Waals surface area contributed by atoms with Gasteiger partial charge >= 0.3 is 8.32 Å². The zero-order valence-corrected chi connectivity index (χ0v) is 18.4. The summed E-state index contributed by atoms with van der Waals surface area (Å²) in [7, 11) is -2.56. The predicted molar refractivity (Wildman–Crippen MR) is 123 cm³/mol. The normalized spacial score (nSPS) is 12.6. The van der Waals surface area contributed by atoms with Gasteiger partial charge in [-0.05, 0) is 27.1 Å². The SMILES string of the molecule is CCC(=Cc1ccccc1)O[Si](c1ccccc1)(c1ccccc1)C(C)(C)C. The maximum absolute atomic E-state index is 7.13. The maximum Gasteiger partial charge on any atom is 0.319 e. The smallest absolute Gasteiger partial charge is 0.319 e. The van der Waals surface area contributed by atoms with Crippen molar-refractivity contribution in [2.75, 3.05) is 0 Å². The third-order valence-electron chi connectivity index (χ3n) is 5.18. The zero-order chi connectivity index (χ0) is 20.0. The van der Waals surface area contributed by atoms with Crippen LogP contribution in [-0.4, -0.2) is 8.32 Å². The van der Waals surface area contributed by atoms with Crippen molar-refractivity contribution in [3.05, 3.63) is 102 Å². The van der Waals surface area contributed by atoms with E-state index in [1.165, 1.54) is 15.9 Å². The van der Waals surface area contributed by atoms with Crippen LogP contribution in [-0.2, 0) is 4.43 Å². The lowest BCUT2D eigenvalue weighted by Gasteiger charge is -2.43. The van der Waals surface area contributed by atoms with E-state index >= 15 is 0 Å². The lowest BCUT2D eigenvalue weighted by atomic mass is 10.2. The number of hydrogen-bond acceptors (Lipinski definition) is 1. The second kappa shape index (κ2) is 8.62. The quantitative estimate of drug-likeness (QED) is 0.372. The molecule has 0 aromatic heterocycles. The lowest BCUT2D eigenvalue weighted by molar-refractivity contribution is 0.388. The van der Waals surface area contributed by atoms with Crippen LogP contribution in [0.5, 0.6) is 0 Å². The first kappa shape index (κ1) is 20.2. The Bertz CT molecular complexity index is 854. The molecule has 28 heavy (non-hydrogen) atoms. The van der Waals surface area contributed by atoms with Crippen molar-refractivity contribution < 1.29 is 4.43 Å². The van der Waals surface area contributed by atoms with Gasteiger partial charge in [0.05, 0.1) is 5.76 Å². The van der Waals surface area contributed by atoms with Crippen molar-refractivity contribution in [1.29, 1.82) is 0 Å². The molecule has 0 atom stereocenters. The molecule has 0 fully saturated rings. The third-order valence-corrected chi connectivity index (χ3v) is 10.2. The Kier molecular flexibility index (Phi) is 6.20. The Hall–Kier alpha value is -2.58. The second-order valence-electron chi connectivity index (χ2n) is 8.14. The number of allylic oxidation sites excluding steroid dienone is 1. The predicted octanol–water partition coefficient (Wildman–Crippen LogP) is 6.01. The van der Waals surface area contributed by atoms with Crippen molar-refractivity contribution in [3.63, 3.8) is 0 Å².